The van der Waals surface area contributed by atoms with Crippen molar-refractivity contribution in [1.29, 1.82) is 0 Å². The predicted molar refractivity (Wildman–Crippen MR) is 75.1 cm³/mol. The van der Waals surface area contributed by atoms with E-state index in [-0.39, 0.29) is 11.8 Å². The van der Waals surface area contributed by atoms with E-state index in [0.29, 0.717) is 6.42 Å². The van der Waals surface area contributed by atoms with Crippen LogP contribution in [0.3, 0.4) is 0 Å². The largest absolute Gasteiger partial charge is 0.314 e. The fourth-order valence-corrected chi connectivity index (χ4v) is 2.50. The molecule has 0 aliphatic heterocycles. The molecule has 1 aromatic carbocycles. The van der Waals surface area contributed by atoms with E-state index in [1.807, 2.05) is 12.1 Å². The van der Waals surface area contributed by atoms with Crippen LogP contribution in [0, 0.1) is 0 Å². The summed E-state index contributed by atoms with van der Waals surface area (Å²) in [6.45, 7) is 5.04. The Morgan fingerprint density at radius 3 is 2.50 bits per heavy atom. The van der Waals surface area contributed by atoms with Gasteiger partial charge in [-0.05, 0) is 37.8 Å². The lowest BCUT2D eigenvalue weighted by molar-refractivity contribution is 0.0972. The number of carbonyl (C=O) groups excluding carboxylic acids is 1. The van der Waals surface area contributed by atoms with Gasteiger partial charge in [0.05, 0.1) is 0 Å². The van der Waals surface area contributed by atoms with Crippen molar-refractivity contribution in [2.75, 3.05) is 6.54 Å². The molecule has 1 atom stereocenters. The molecule has 0 saturated heterocycles. The number of benzene rings is 1. The van der Waals surface area contributed by atoms with Gasteiger partial charge in [-0.1, -0.05) is 37.6 Å². The first-order valence-electron chi connectivity index (χ1n) is 7.07. The van der Waals surface area contributed by atoms with Gasteiger partial charge in [-0.15, -0.1) is 0 Å². The Hall–Kier alpha value is -1.15. The molecule has 0 heterocycles. The van der Waals surface area contributed by atoms with Crippen LogP contribution in [0.1, 0.15) is 61.4 Å². The molecule has 0 radical (unpaired) electrons. The van der Waals surface area contributed by atoms with Crippen LogP contribution in [0.2, 0.25) is 0 Å². The first kappa shape index (κ1) is 13.3. The van der Waals surface area contributed by atoms with Gasteiger partial charge in [0.15, 0.2) is 5.78 Å². The lowest BCUT2D eigenvalue weighted by Gasteiger charge is -2.25. The number of hydrogen-bond acceptors (Lipinski definition) is 2. The van der Waals surface area contributed by atoms with Gasteiger partial charge in [-0.2, -0.15) is 0 Å². The summed E-state index contributed by atoms with van der Waals surface area (Å²) in [6.07, 6.45) is 4.55. The van der Waals surface area contributed by atoms with E-state index in [9.17, 15) is 4.79 Å². The lowest BCUT2D eigenvalue weighted by Crippen LogP contribution is -2.28. The van der Waals surface area contributed by atoms with E-state index < -0.39 is 0 Å². The monoisotopic (exact) mass is 245 g/mol. The van der Waals surface area contributed by atoms with Gasteiger partial charge in [-0.25, -0.2) is 0 Å². The smallest absolute Gasteiger partial charge is 0.164 e. The van der Waals surface area contributed by atoms with Crippen molar-refractivity contribution in [2.45, 2.75) is 51.5 Å². The van der Waals surface area contributed by atoms with Crippen LogP contribution in [-0.2, 0) is 0 Å². The Bertz CT molecular complexity index is 392. The summed E-state index contributed by atoms with van der Waals surface area (Å²) in [4.78, 5) is 12.1. The number of Topliss-reactive ketones (excluding diaryl/α,β-unsaturated/α-hetero) is 1. The molecule has 1 saturated carbocycles. The molecule has 0 amide bonds. The van der Waals surface area contributed by atoms with E-state index >= 15 is 0 Å². The van der Waals surface area contributed by atoms with Crippen molar-refractivity contribution in [1.82, 2.24) is 5.32 Å². The predicted octanol–water partition coefficient (Wildman–Crippen LogP) is 3.52. The van der Waals surface area contributed by atoms with Crippen molar-refractivity contribution >= 4 is 5.78 Å². The molecule has 0 spiro atoms. The molecule has 1 unspecified atom stereocenters. The van der Waals surface area contributed by atoms with Crippen LogP contribution < -0.4 is 5.32 Å². The molecular weight excluding hydrogens is 222 g/mol. The highest BCUT2D eigenvalue weighted by Gasteiger charge is 2.19. The zero-order chi connectivity index (χ0) is 13.0. The molecule has 18 heavy (non-hydrogen) atoms. The average Bonchev–Trinajstić information content (AvgIpc) is 2.27. The summed E-state index contributed by atoms with van der Waals surface area (Å²) in [5.74, 6) is 0.985. The molecule has 2 nitrogen and oxygen atoms in total. The number of nitrogens with one attached hydrogen (secondary N) is 1. The molecule has 1 aliphatic carbocycles. The maximum atomic E-state index is 12.1. The normalized spacial score (nSPS) is 17.2. The first-order chi connectivity index (χ1) is 8.70. The molecular formula is C16H23NO. The van der Waals surface area contributed by atoms with Crippen molar-refractivity contribution in [3.63, 3.8) is 0 Å². The van der Waals surface area contributed by atoms with Crippen LogP contribution in [0.5, 0.6) is 0 Å². The third-order valence-electron chi connectivity index (χ3n) is 3.85. The molecule has 98 valence electrons. The standard InChI is InChI=1S/C16H23NO/c1-3-17-12(2)11-16(18)15-9-7-14(8-10-15)13-5-4-6-13/h7-10,12-13,17H,3-6,11H2,1-2H3. The topological polar surface area (TPSA) is 29.1 Å². The van der Waals surface area contributed by atoms with E-state index in [2.05, 4.69) is 31.3 Å². The van der Waals surface area contributed by atoms with E-state index in [1.54, 1.807) is 0 Å². The van der Waals surface area contributed by atoms with Gasteiger partial charge >= 0.3 is 0 Å². The molecule has 0 aromatic heterocycles. The van der Waals surface area contributed by atoms with Crippen LogP contribution in [0.4, 0.5) is 0 Å². The van der Waals surface area contributed by atoms with Crippen molar-refractivity contribution in [2.24, 2.45) is 0 Å². The van der Waals surface area contributed by atoms with Gasteiger partial charge < -0.3 is 5.32 Å². The summed E-state index contributed by atoms with van der Waals surface area (Å²) in [7, 11) is 0. The summed E-state index contributed by atoms with van der Waals surface area (Å²) in [5.41, 5.74) is 2.25. The first-order valence-corrected chi connectivity index (χ1v) is 7.07. The minimum Gasteiger partial charge on any atom is -0.314 e. The zero-order valence-corrected chi connectivity index (χ0v) is 11.4. The number of ketones is 1. The molecule has 1 N–H and O–H groups in total. The lowest BCUT2D eigenvalue weighted by atomic mass is 9.80. The highest BCUT2D eigenvalue weighted by atomic mass is 16.1. The fraction of sp³-hybridized carbons (Fsp3) is 0.562. The van der Waals surface area contributed by atoms with E-state index in [4.69, 9.17) is 0 Å². The summed E-state index contributed by atoms with van der Waals surface area (Å²) >= 11 is 0. The van der Waals surface area contributed by atoms with Crippen molar-refractivity contribution in [3.8, 4) is 0 Å². The summed E-state index contributed by atoms with van der Waals surface area (Å²) in [6, 6.07) is 8.52. The highest BCUT2D eigenvalue weighted by molar-refractivity contribution is 5.96. The SMILES string of the molecule is CCNC(C)CC(=O)c1ccc(C2CCC2)cc1. The second-order valence-electron chi connectivity index (χ2n) is 5.34. The maximum Gasteiger partial charge on any atom is 0.164 e. The van der Waals surface area contributed by atoms with Crippen LogP contribution in [0.25, 0.3) is 0 Å². The van der Waals surface area contributed by atoms with Crippen molar-refractivity contribution in [3.05, 3.63) is 35.4 Å². The third-order valence-corrected chi connectivity index (χ3v) is 3.85. The quantitative estimate of drug-likeness (QED) is 0.777. The van der Waals surface area contributed by atoms with E-state index in [1.165, 1.54) is 24.8 Å². The number of rotatable bonds is 6. The molecule has 1 aliphatic rings. The second-order valence-corrected chi connectivity index (χ2v) is 5.34. The average molecular weight is 245 g/mol. The Labute approximate surface area is 110 Å². The minimum atomic E-state index is 0.239. The Kier molecular flexibility index (Phi) is 4.54. The maximum absolute atomic E-state index is 12.1. The Balaban J connectivity index is 1.93. The van der Waals surface area contributed by atoms with Crippen LogP contribution in [0.15, 0.2) is 24.3 Å². The second kappa shape index (κ2) is 6.14. The third kappa shape index (κ3) is 3.20. The van der Waals surface area contributed by atoms with Gasteiger partial charge in [0.2, 0.25) is 0 Å². The number of carbonyl (C=O) groups is 1. The summed E-state index contributed by atoms with van der Waals surface area (Å²) < 4.78 is 0. The Morgan fingerprint density at radius 2 is 2.00 bits per heavy atom. The van der Waals surface area contributed by atoms with Gasteiger partial charge in [0.25, 0.3) is 0 Å². The van der Waals surface area contributed by atoms with Gasteiger partial charge in [0, 0.05) is 18.0 Å². The minimum absolute atomic E-state index is 0.239. The van der Waals surface area contributed by atoms with Gasteiger partial charge in [0.1, 0.15) is 0 Å². The van der Waals surface area contributed by atoms with Gasteiger partial charge in [-0.3, -0.25) is 4.79 Å². The molecule has 2 heteroatoms. The van der Waals surface area contributed by atoms with Crippen molar-refractivity contribution < 1.29 is 4.79 Å². The van der Waals surface area contributed by atoms with E-state index in [0.717, 1.165) is 18.0 Å². The summed E-state index contributed by atoms with van der Waals surface area (Å²) in [5, 5.41) is 3.27. The molecule has 2 rings (SSSR count). The Morgan fingerprint density at radius 1 is 1.33 bits per heavy atom. The fourth-order valence-electron chi connectivity index (χ4n) is 2.50. The molecule has 0 bridgehead atoms. The molecule has 1 fully saturated rings. The number of hydrogen-bond donors (Lipinski definition) is 1. The molecule has 1 aromatic rings. The zero-order valence-electron chi connectivity index (χ0n) is 11.4. The highest BCUT2D eigenvalue weighted by Crippen LogP contribution is 2.36. The van der Waals surface area contributed by atoms with Crippen LogP contribution >= 0.6 is 0 Å². The van der Waals surface area contributed by atoms with Crippen LogP contribution in [-0.4, -0.2) is 18.4 Å².